The number of aliphatic carboxylic acids is 1. The highest BCUT2D eigenvalue weighted by atomic mass is 16.8. The van der Waals surface area contributed by atoms with E-state index in [0.29, 0.717) is 19.3 Å². The quantitative estimate of drug-likeness (QED) is 0.0386. The Hall–Kier alpha value is -2.27. The molecular formula is C60H112N2O21. The van der Waals surface area contributed by atoms with Gasteiger partial charge >= 0.3 is 5.97 Å². The van der Waals surface area contributed by atoms with Crippen LogP contribution in [0.25, 0.3) is 0 Å². The number of aliphatic hydroxyl groups is 11. The second kappa shape index (κ2) is 42.6. The van der Waals surface area contributed by atoms with Crippen LogP contribution in [0.15, 0.2) is 0 Å². The molecule has 3 fully saturated rings. The van der Waals surface area contributed by atoms with E-state index in [0.717, 1.165) is 58.3 Å². The second-order valence-corrected chi connectivity index (χ2v) is 23.6. The van der Waals surface area contributed by atoms with E-state index in [1.54, 1.807) is 0 Å². The summed E-state index contributed by atoms with van der Waals surface area (Å²) < 4.78 is 34.8. The van der Waals surface area contributed by atoms with Crippen molar-refractivity contribution < 1.29 is 104 Å². The van der Waals surface area contributed by atoms with Gasteiger partial charge in [0.05, 0.1) is 50.7 Å². The number of ether oxygens (including phenoxy) is 6. The molecule has 18 atom stereocenters. The maximum atomic E-state index is 13.4. The van der Waals surface area contributed by atoms with Crippen molar-refractivity contribution in [3.05, 3.63) is 0 Å². The van der Waals surface area contributed by atoms with E-state index in [4.69, 9.17) is 28.4 Å². The lowest BCUT2D eigenvalue weighted by Gasteiger charge is -2.50. The monoisotopic (exact) mass is 1200 g/mol. The highest BCUT2D eigenvalue weighted by Crippen LogP contribution is 2.38. The minimum atomic E-state index is -3.07. The number of hydrogen-bond acceptors (Lipinski definition) is 20. The van der Waals surface area contributed by atoms with Crippen LogP contribution >= 0.6 is 0 Å². The van der Waals surface area contributed by atoms with Gasteiger partial charge in [0.2, 0.25) is 11.8 Å². The summed E-state index contributed by atoms with van der Waals surface area (Å²) in [5.41, 5.74) is 0. The number of unbranched alkanes of at least 4 members (excludes halogenated alkanes) is 27. The van der Waals surface area contributed by atoms with Gasteiger partial charge in [0.1, 0.15) is 67.1 Å². The van der Waals surface area contributed by atoms with Gasteiger partial charge in [-0.3, -0.25) is 9.59 Å². The molecule has 3 aliphatic heterocycles. The zero-order valence-corrected chi connectivity index (χ0v) is 50.3. The number of carboxylic acids is 1. The summed E-state index contributed by atoms with van der Waals surface area (Å²) in [6.07, 6.45) is 5.46. The first-order valence-electron chi connectivity index (χ1n) is 31.9. The van der Waals surface area contributed by atoms with Crippen LogP contribution in [0.1, 0.15) is 226 Å². The number of aliphatic hydroxyl groups excluding tert-OH is 11. The highest BCUT2D eigenvalue weighted by molar-refractivity contribution is 5.77. The molecule has 0 saturated carbocycles. The number of amides is 2. The van der Waals surface area contributed by atoms with Crippen LogP contribution in [0.2, 0.25) is 0 Å². The van der Waals surface area contributed by atoms with E-state index in [-0.39, 0.29) is 18.9 Å². The third kappa shape index (κ3) is 26.5. The van der Waals surface area contributed by atoms with E-state index < -0.39 is 148 Å². The molecule has 0 aliphatic carbocycles. The van der Waals surface area contributed by atoms with Crippen molar-refractivity contribution in [1.82, 2.24) is 10.6 Å². The Morgan fingerprint density at radius 1 is 0.578 bits per heavy atom. The van der Waals surface area contributed by atoms with E-state index in [1.165, 1.54) is 122 Å². The Bertz CT molecular complexity index is 1710. The number of carboxylic acid groups (broad SMARTS) is 1. The maximum absolute atomic E-state index is 13.4. The summed E-state index contributed by atoms with van der Waals surface area (Å²) in [7, 11) is 0. The largest absolute Gasteiger partial charge is 0.477 e. The van der Waals surface area contributed by atoms with Crippen molar-refractivity contribution in [2.45, 2.75) is 336 Å². The zero-order chi connectivity index (χ0) is 61.2. The van der Waals surface area contributed by atoms with Crippen molar-refractivity contribution in [1.29, 1.82) is 0 Å². The van der Waals surface area contributed by atoms with Gasteiger partial charge in [0.25, 0.3) is 5.79 Å². The minimum Gasteiger partial charge on any atom is -0.477 e. The first-order chi connectivity index (χ1) is 39.9. The summed E-state index contributed by atoms with van der Waals surface area (Å²) in [5, 5.41) is 136. The number of carbonyl (C=O) groups is 3. The molecule has 0 aromatic carbocycles. The molecule has 23 heteroatoms. The van der Waals surface area contributed by atoms with Gasteiger partial charge in [0, 0.05) is 19.8 Å². The molecule has 0 radical (unpaired) electrons. The third-order valence-electron chi connectivity index (χ3n) is 16.6. The van der Waals surface area contributed by atoms with Crippen molar-refractivity contribution in [2.24, 2.45) is 0 Å². The molecule has 3 heterocycles. The molecule has 0 spiro atoms. The lowest BCUT2D eigenvalue weighted by atomic mass is 9.88. The van der Waals surface area contributed by atoms with E-state index in [2.05, 4.69) is 24.5 Å². The Morgan fingerprint density at radius 2 is 1.05 bits per heavy atom. The van der Waals surface area contributed by atoms with Gasteiger partial charge < -0.3 is 100 Å². The molecule has 23 nitrogen and oxygen atoms in total. The molecule has 3 rings (SSSR count). The van der Waals surface area contributed by atoms with Crippen LogP contribution in [0.3, 0.4) is 0 Å². The van der Waals surface area contributed by atoms with E-state index in [9.17, 15) is 75.7 Å². The number of hydrogen-bond donors (Lipinski definition) is 14. The summed E-state index contributed by atoms with van der Waals surface area (Å²) >= 11 is 0. The van der Waals surface area contributed by atoms with Gasteiger partial charge in [-0.25, -0.2) is 4.79 Å². The summed E-state index contributed by atoms with van der Waals surface area (Å²) in [6.45, 7) is 2.19. The minimum absolute atomic E-state index is 0.228. The topological polar surface area (TPSA) is 373 Å². The van der Waals surface area contributed by atoms with E-state index >= 15 is 0 Å². The molecule has 2 amide bonds. The lowest BCUT2D eigenvalue weighted by Crippen LogP contribution is -2.70. The molecule has 18 unspecified atom stereocenters. The Labute approximate surface area is 493 Å². The highest BCUT2D eigenvalue weighted by Gasteiger charge is 2.60. The van der Waals surface area contributed by atoms with Crippen molar-refractivity contribution in [3.63, 3.8) is 0 Å². The van der Waals surface area contributed by atoms with Crippen LogP contribution < -0.4 is 10.6 Å². The van der Waals surface area contributed by atoms with Gasteiger partial charge in [0.15, 0.2) is 12.6 Å². The maximum Gasteiger partial charge on any atom is 0.364 e. The second-order valence-electron chi connectivity index (χ2n) is 23.6. The van der Waals surface area contributed by atoms with Crippen LogP contribution in [0.5, 0.6) is 0 Å². The van der Waals surface area contributed by atoms with Gasteiger partial charge in [-0.05, 0) is 12.8 Å². The predicted octanol–water partition coefficient (Wildman–Crippen LogP) is 3.78. The standard InChI is InChI=1S/C60H112N2O21/c1-4-6-8-10-12-14-16-18-20-22-24-26-28-30-32-34-47(70)62-41(42(67)33-31-29-27-25-23-21-19-17-15-13-11-9-7-5-2)39-78-57-52(74)51(73)54(46(38-65)80-57)81-58-53(75)56(50(72)45(37-64)79-58)83-60(59(76)77)35-43(68)48(61-40(3)66)55(82-60)49(71)44(69)36-63/h41-46,48-58,63-65,67-69,71-75H,4-39H2,1-3H3,(H,61,66)(H,62,70)(H,76,77). The molecule has 83 heavy (non-hydrogen) atoms. The van der Waals surface area contributed by atoms with Crippen molar-refractivity contribution in [2.75, 3.05) is 26.4 Å². The SMILES string of the molecule is CCCCCCCCCCCCCCCCCC(=O)NC(COC1OC(CO)C(OC2OC(CO)C(O)C(OC3(C(=O)O)CC(O)C(NC(C)=O)C(C(O)C(O)CO)O3)C2O)C(O)C1O)C(O)CCCCCCCCCCCCCCCC. The molecule has 3 aliphatic rings. The molecule has 14 N–H and O–H groups in total. The first kappa shape index (κ1) is 75.0. The van der Waals surface area contributed by atoms with Gasteiger partial charge in [-0.1, -0.05) is 194 Å². The lowest BCUT2D eigenvalue weighted by molar-refractivity contribution is -0.386. The van der Waals surface area contributed by atoms with Crippen LogP contribution in [-0.2, 0) is 42.8 Å². The fourth-order valence-corrected chi connectivity index (χ4v) is 11.4. The third-order valence-corrected chi connectivity index (χ3v) is 16.6. The predicted molar refractivity (Wildman–Crippen MR) is 306 cm³/mol. The van der Waals surface area contributed by atoms with Gasteiger partial charge in [-0.2, -0.15) is 0 Å². The van der Waals surface area contributed by atoms with Crippen LogP contribution in [0.4, 0.5) is 0 Å². The molecular weight excluding hydrogens is 1080 g/mol. The zero-order valence-electron chi connectivity index (χ0n) is 50.3. The fourth-order valence-electron chi connectivity index (χ4n) is 11.4. The van der Waals surface area contributed by atoms with Gasteiger partial charge in [-0.15, -0.1) is 0 Å². The summed E-state index contributed by atoms with van der Waals surface area (Å²) in [5.74, 6) is -6.09. The van der Waals surface area contributed by atoms with Crippen molar-refractivity contribution in [3.8, 4) is 0 Å². The molecule has 0 aromatic rings. The smallest absolute Gasteiger partial charge is 0.364 e. The molecule has 3 saturated heterocycles. The van der Waals surface area contributed by atoms with Crippen LogP contribution in [-0.4, -0.2) is 215 Å². The number of carbonyl (C=O) groups excluding carboxylic acids is 2. The Balaban J connectivity index is 1.64. The first-order valence-corrected chi connectivity index (χ1v) is 31.9. The average molecular weight is 1200 g/mol. The summed E-state index contributed by atoms with van der Waals surface area (Å²) in [4.78, 5) is 38.4. The molecule has 488 valence electrons. The number of nitrogens with one attached hydrogen (secondary N) is 2. The number of rotatable bonds is 47. The van der Waals surface area contributed by atoms with E-state index in [1.807, 2.05) is 0 Å². The normalized spacial score (nSPS) is 29.9. The average Bonchev–Trinajstić information content (AvgIpc) is 2.86. The van der Waals surface area contributed by atoms with Crippen LogP contribution in [0, 0.1) is 0 Å². The molecule has 0 aromatic heterocycles. The van der Waals surface area contributed by atoms with Crippen molar-refractivity contribution >= 4 is 17.8 Å². The fraction of sp³-hybridized carbons (Fsp3) is 0.950. The Morgan fingerprint density at radius 3 is 1.51 bits per heavy atom. The molecule has 0 bridgehead atoms. The Kier molecular flexibility index (Phi) is 38.5. The summed E-state index contributed by atoms with van der Waals surface area (Å²) in [6, 6.07) is -2.52.